The maximum absolute atomic E-state index is 12.4. The van der Waals surface area contributed by atoms with E-state index in [1.54, 1.807) is 11.3 Å². The van der Waals surface area contributed by atoms with E-state index >= 15 is 0 Å². The van der Waals surface area contributed by atoms with Crippen LogP contribution < -0.4 is 10.6 Å². The minimum absolute atomic E-state index is 0.182. The van der Waals surface area contributed by atoms with Crippen LogP contribution in [-0.4, -0.2) is 16.1 Å². The third kappa shape index (κ3) is 1.74. The van der Waals surface area contributed by atoms with Gasteiger partial charge in [0.05, 0.1) is 6.04 Å². The molecular formula is C13H12N4O2S. The van der Waals surface area contributed by atoms with E-state index < -0.39 is 0 Å². The molecule has 1 atom stereocenters. The first kappa shape index (κ1) is 11.7. The number of Topliss-reactive ketones (excluding diaryl/α,β-unsaturated/α-hetero) is 1. The predicted molar refractivity (Wildman–Crippen MR) is 74.5 cm³/mol. The van der Waals surface area contributed by atoms with E-state index in [4.69, 9.17) is 4.63 Å². The van der Waals surface area contributed by atoms with Gasteiger partial charge in [0.25, 0.3) is 0 Å². The van der Waals surface area contributed by atoms with Crippen molar-refractivity contribution in [1.29, 1.82) is 0 Å². The predicted octanol–water partition coefficient (Wildman–Crippen LogP) is 2.72. The van der Waals surface area contributed by atoms with Gasteiger partial charge >= 0.3 is 0 Å². The number of allylic oxidation sites excluding steroid dienone is 1. The van der Waals surface area contributed by atoms with Crippen molar-refractivity contribution in [2.75, 3.05) is 10.6 Å². The van der Waals surface area contributed by atoms with E-state index in [-0.39, 0.29) is 11.8 Å². The van der Waals surface area contributed by atoms with Gasteiger partial charge in [0.2, 0.25) is 11.6 Å². The Kier molecular flexibility index (Phi) is 2.59. The molecule has 4 rings (SSSR count). The van der Waals surface area contributed by atoms with Gasteiger partial charge in [-0.15, -0.1) is 11.3 Å². The lowest BCUT2D eigenvalue weighted by Crippen LogP contribution is -2.23. The zero-order chi connectivity index (χ0) is 13.5. The highest BCUT2D eigenvalue weighted by Gasteiger charge is 2.34. The zero-order valence-electron chi connectivity index (χ0n) is 10.5. The number of thiophene rings is 1. The highest BCUT2D eigenvalue weighted by molar-refractivity contribution is 7.10. The van der Waals surface area contributed by atoms with Crippen LogP contribution in [0.1, 0.15) is 30.2 Å². The van der Waals surface area contributed by atoms with Crippen molar-refractivity contribution in [2.24, 2.45) is 0 Å². The first-order valence-electron chi connectivity index (χ1n) is 6.48. The van der Waals surface area contributed by atoms with Crippen molar-refractivity contribution < 1.29 is 9.42 Å². The summed E-state index contributed by atoms with van der Waals surface area (Å²) in [5, 5.41) is 16.2. The molecule has 0 bridgehead atoms. The molecule has 0 saturated carbocycles. The van der Waals surface area contributed by atoms with Gasteiger partial charge in [-0.25, -0.2) is 4.63 Å². The molecule has 3 heterocycles. The number of fused-ring (bicyclic) bond motifs is 1. The minimum Gasteiger partial charge on any atom is -0.352 e. The van der Waals surface area contributed by atoms with Gasteiger partial charge in [0.15, 0.2) is 5.78 Å². The molecular weight excluding hydrogens is 276 g/mol. The zero-order valence-corrected chi connectivity index (χ0v) is 11.4. The third-order valence-corrected chi connectivity index (χ3v) is 4.55. The quantitative estimate of drug-likeness (QED) is 0.840. The lowest BCUT2D eigenvalue weighted by atomic mass is 9.89. The number of aromatic nitrogens is 2. The summed E-state index contributed by atoms with van der Waals surface area (Å²) >= 11 is 1.62. The van der Waals surface area contributed by atoms with Crippen molar-refractivity contribution in [1.82, 2.24) is 10.3 Å². The molecule has 0 fully saturated rings. The largest absolute Gasteiger partial charge is 0.352 e. The monoisotopic (exact) mass is 288 g/mol. The molecule has 2 aliphatic rings. The number of hydrogen-bond donors (Lipinski definition) is 2. The van der Waals surface area contributed by atoms with Gasteiger partial charge in [-0.05, 0) is 34.6 Å². The first-order chi connectivity index (χ1) is 9.83. The number of hydrogen-bond acceptors (Lipinski definition) is 7. The van der Waals surface area contributed by atoms with Crippen LogP contribution in [-0.2, 0) is 4.79 Å². The lowest BCUT2D eigenvalue weighted by Gasteiger charge is -2.23. The van der Waals surface area contributed by atoms with E-state index in [1.807, 2.05) is 17.5 Å². The molecule has 1 aliphatic heterocycles. The Morgan fingerprint density at radius 1 is 1.30 bits per heavy atom. The number of anilines is 2. The van der Waals surface area contributed by atoms with Gasteiger partial charge < -0.3 is 10.6 Å². The van der Waals surface area contributed by atoms with E-state index in [1.165, 1.54) is 0 Å². The second-order valence-corrected chi connectivity index (χ2v) is 5.83. The van der Waals surface area contributed by atoms with Gasteiger partial charge in [-0.3, -0.25) is 4.79 Å². The molecule has 0 amide bonds. The Hall–Kier alpha value is -2.15. The number of ketones is 1. The first-order valence-corrected chi connectivity index (χ1v) is 7.36. The topological polar surface area (TPSA) is 80.1 Å². The SMILES string of the molecule is O=C1CCCC2=C1[C@H](c1cccs1)Nc1nonc1N2. The van der Waals surface area contributed by atoms with Gasteiger partial charge in [-0.1, -0.05) is 6.07 Å². The summed E-state index contributed by atoms with van der Waals surface area (Å²) in [6.07, 6.45) is 2.30. The molecule has 7 heteroatoms. The summed E-state index contributed by atoms with van der Waals surface area (Å²) in [7, 11) is 0. The summed E-state index contributed by atoms with van der Waals surface area (Å²) in [4.78, 5) is 13.5. The molecule has 6 nitrogen and oxygen atoms in total. The highest BCUT2D eigenvalue weighted by atomic mass is 32.1. The molecule has 0 radical (unpaired) electrons. The average molecular weight is 288 g/mol. The van der Waals surface area contributed by atoms with Crippen LogP contribution in [0.5, 0.6) is 0 Å². The molecule has 2 aromatic rings. The molecule has 0 unspecified atom stereocenters. The van der Waals surface area contributed by atoms with E-state index in [2.05, 4.69) is 20.9 Å². The van der Waals surface area contributed by atoms with Crippen molar-refractivity contribution in [3.8, 4) is 0 Å². The summed E-state index contributed by atoms with van der Waals surface area (Å²) < 4.78 is 4.77. The third-order valence-electron chi connectivity index (χ3n) is 3.61. The van der Waals surface area contributed by atoms with Crippen molar-refractivity contribution in [2.45, 2.75) is 25.3 Å². The Morgan fingerprint density at radius 3 is 3.05 bits per heavy atom. The second-order valence-electron chi connectivity index (χ2n) is 4.85. The van der Waals surface area contributed by atoms with Crippen LogP contribution in [0.2, 0.25) is 0 Å². The highest BCUT2D eigenvalue weighted by Crippen LogP contribution is 2.40. The van der Waals surface area contributed by atoms with Gasteiger partial charge in [0.1, 0.15) is 0 Å². The Bertz CT molecular complexity index is 689. The molecule has 2 N–H and O–H groups in total. The Morgan fingerprint density at radius 2 is 2.20 bits per heavy atom. The van der Waals surface area contributed by atoms with Crippen molar-refractivity contribution >= 4 is 28.8 Å². The molecule has 0 spiro atoms. The summed E-state index contributed by atoms with van der Waals surface area (Å²) in [5.74, 6) is 1.28. The van der Waals surface area contributed by atoms with Crippen LogP contribution in [0.4, 0.5) is 11.6 Å². The standard InChI is InChI=1S/C13H12N4O2S/c18-8-4-1-3-7-10(8)11(9-5-2-6-20-9)15-13-12(14-7)16-19-17-13/h2,5-6,11H,1,3-4H2,(H,14,16)(H,15,17)/t11-/m0/s1. The van der Waals surface area contributed by atoms with Crippen LogP contribution in [0, 0.1) is 0 Å². The maximum Gasteiger partial charge on any atom is 0.219 e. The Labute approximate surface area is 118 Å². The Balaban J connectivity index is 1.88. The number of carbonyl (C=O) groups is 1. The molecule has 1 aliphatic carbocycles. The average Bonchev–Trinajstić information content (AvgIpc) is 3.07. The number of rotatable bonds is 1. The van der Waals surface area contributed by atoms with Crippen molar-refractivity contribution in [3.63, 3.8) is 0 Å². The lowest BCUT2D eigenvalue weighted by molar-refractivity contribution is -0.116. The van der Waals surface area contributed by atoms with Gasteiger partial charge in [-0.2, -0.15) is 0 Å². The smallest absolute Gasteiger partial charge is 0.219 e. The maximum atomic E-state index is 12.4. The van der Waals surface area contributed by atoms with E-state index in [0.29, 0.717) is 18.1 Å². The second kappa shape index (κ2) is 4.45. The van der Waals surface area contributed by atoms with E-state index in [0.717, 1.165) is 29.0 Å². The van der Waals surface area contributed by atoms with Crippen molar-refractivity contribution in [3.05, 3.63) is 33.7 Å². The normalized spacial score (nSPS) is 21.6. The van der Waals surface area contributed by atoms with Crippen LogP contribution in [0.25, 0.3) is 0 Å². The summed E-state index contributed by atoms with van der Waals surface area (Å²) in [5.41, 5.74) is 1.74. The molecule has 20 heavy (non-hydrogen) atoms. The minimum atomic E-state index is -0.182. The van der Waals surface area contributed by atoms with Crippen LogP contribution in [0.15, 0.2) is 33.4 Å². The summed E-state index contributed by atoms with van der Waals surface area (Å²) in [6, 6.07) is 3.82. The number of carbonyl (C=O) groups excluding carboxylic acids is 1. The number of nitrogens with zero attached hydrogens (tertiary/aromatic N) is 2. The molecule has 2 aromatic heterocycles. The molecule has 102 valence electrons. The fourth-order valence-electron chi connectivity index (χ4n) is 2.71. The van der Waals surface area contributed by atoms with Crippen LogP contribution >= 0.6 is 11.3 Å². The summed E-state index contributed by atoms with van der Waals surface area (Å²) in [6.45, 7) is 0. The molecule has 0 saturated heterocycles. The fourth-order valence-corrected chi connectivity index (χ4v) is 3.50. The molecule has 0 aromatic carbocycles. The fraction of sp³-hybridized carbons (Fsp3) is 0.308. The number of nitrogens with one attached hydrogen (secondary N) is 2. The van der Waals surface area contributed by atoms with Gasteiger partial charge in [0, 0.05) is 22.6 Å². The van der Waals surface area contributed by atoms with Crippen LogP contribution in [0.3, 0.4) is 0 Å². The van der Waals surface area contributed by atoms with E-state index in [9.17, 15) is 4.79 Å².